The van der Waals surface area contributed by atoms with Crippen LogP contribution in [0.4, 0.5) is 16.2 Å². The number of benzene rings is 2. The zero-order valence-electron chi connectivity index (χ0n) is 15.6. The van der Waals surface area contributed by atoms with Crippen molar-refractivity contribution in [3.05, 3.63) is 65.9 Å². The van der Waals surface area contributed by atoms with Gasteiger partial charge in [-0.2, -0.15) is 5.26 Å². The van der Waals surface area contributed by atoms with E-state index in [9.17, 15) is 10.1 Å². The number of amides is 2. The molecule has 1 fully saturated rings. The van der Waals surface area contributed by atoms with E-state index >= 15 is 0 Å². The molecule has 1 aliphatic carbocycles. The molecule has 1 heterocycles. The monoisotopic (exact) mass is 371 g/mol. The van der Waals surface area contributed by atoms with Crippen molar-refractivity contribution in [2.24, 2.45) is 0 Å². The summed E-state index contributed by atoms with van der Waals surface area (Å²) in [5.41, 5.74) is 3.88. The van der Waals surface area contributed by atoms with Gasteiger partial charge in [-0.05, 0) is 49.6 Å². The molecule has 6 heteroatoms. The van der Waals surface area contributed by atoms with E-state index in [0.29, 0.717) is 11.7 Å². The molecule has 1 unspecified atom stereocenters. The van der Waals surface area contributed by atoms with Gasteiger partial charge in [-0.25, -0.2) is 9.78 Å². The maximum absolute atomic E-state index is 11.8. The van der Waals surface area contributed by atoms with Crippen LogP contribution >= 0.6 is 0 Å². The molecule has 140 valence electrons. The number of nitrogens with one attached hydrogen (secondary N) is 3. The third kappa shape index (κ3) is 4.04. The number of pyridine rings is 1. The van der Waals surface area contributed by atoms with Crippen molar-refractivity contribution in [3.63, 3.8) is 0 Å². The van der Waals surface area contributed by atoms with Crippen LogP contribution in [-0.4, -0.2) is 17.1 Å². The van der Waals surface area contributed by atoms with Crippen molar-refractivity contribution < 1.29 is 4.79 Å². The van der Waals surface area contributed by atoms with Gasteiger partial charge in [0.15, 0.2) is 0 Å². The molecule has 2 aromatic carbocycles. The summed E-state index contributed by atoms with van der Waals surface area (Å²) < 4.78 is 0. The molecular weight excluding hydrogens is 350 g/mol. The summed E-state index contributed by atoms with van der Waals surface area (Å²) in [6, 6.07) is 19.6. The number of rotatable bonds is 5. The van der Waals surface area contributed by atoms with E-state index in [1.54, 1.807) is 6.07 Å². The number of hydrogen-bond acceptors (Lipinski definition) is 4. The van der Waals surface area contributed by atoms with Crippen LogP contribution in [-0.2, 0) is 0 Å². The first-order valence-corrected chi connectivity index (χ1v) is 9.36. The Balaban J connectivity index is 1.49. The first kappa shape index (κ1) is 17.8. The van der Waals surface area contributed by atoms with Crippen LogP contribution in [0.15, 0.2) is 54.6 Å². The fourth-order valence-electron chi connectivity index (χ4n) is 3.10. The summed E-state index contributed by atoms with van der Waals surface area (Å²) in [6.45, 7) is 2.06. The van der Waals surface area contributed by atoms with Gasteiger partial charge in [-0.15, -0.1) is 0 Å². The molecule has 0 aliphatic heterocycles. The number of anilines is 2. The van der Waals surface area contributed by atoms with Gasteiger partial charge in [0.2, 0.25) is 0 Å². The number of aromatic nitrogens is 1. The summed E-state index contributed by atoms with van der Waals surface area (Å²) in [6.07, 6.45) is 2.12. The van der Waals surface area contributed by atoms with Gasteiger partial charge < -0.3 is 16.0 Å². The lowest BCUT2D eigenvalue weighted by Gasteiger charge is -2.18. The summed E-state index contributed by atoms with van der Waals surface area (Å²) in [7, 11) is 0. The molecule has 6 nitrogen and oxygen atoms in total. The maximum atomic E-state index is 11.8. The van der Waals surface area contributed by atoms with E-state index in [-0.39, 0.29) is 12.1 Å². The number of nitriles is 1. The molecule has 28 heavy (non-hydrogen) atoms. The van der Waals surface area contributed by atoms with E-state index < -0.39 is 0 Å². The highest BCUT2D eigenvalue weighted by Gasteiger charge is 2.23. The van der Waals surface area contributed by atoms with Crippen LogP contribution < -0.4 is 16.0 Å². The lowest BCUT2D eigenvalue weighted by Crippen LogP contribution is -2.30. The maximum Gasteiger partial charge on any atom is 0.319 e. The van der Waals surface area contributed by atoms with E-state index in [2.05, 4.69) is 33.9 Å². The van der Waals surface area contributed by atoms with Gasteiger partial charge in [0.1, 0.15) is 11.8 Å². The average Bonchev–Trinajstić information content (AvgIpc) is 3.52. The Morgan fingerprint density at radius 3 is 2.64 bits per heavy atom. The molecule has 1 aromatic heterocycles. The highest BCUT2D eigenvalue weighted by Crippen LogP contribution is 2.27. The summed E-state index contributed by atoms with van der Waals surface area (Å²) >= 11 is 0. The number of para-hydroxylation sites is 1. The Kier molecular flexibility index (Phi) is 4.81. The quantitative estimate of drug-likeness (QED) is 0.613. The molecule has 0 radical (unpaired) electrons. The molecule has 1 aliphatic rings. The Bertz CT molecular complexity index is 1050. The SMILES string of the molecule is CC(Nc1cc(C#N)nc2ccccc12)c1ccc(NC(=O)NC2CC2)cc1. The van der Waals surface area contributed by atoms with E-state index in [1.807, 2.05) is 48.5 Å². The fourth-order valence-corrected chi connectivity index (χ4v) is 3.10. The van der Waals surface area contributed by atoms with Crippen LogP contribution in [0.1, 0.15) is 37.1 Å². The molecule has 0 bridgehead atoms. The minimum atomic E-state index is -0.159. The predicted octanol–water partition coefficient (Wildman–Crippen LogP) is 4.56. The molecule has 1 saturated carbocycles. The predicted molar refractivity (Wildman–Crippen MR) is 110 cm³/mol. The third-order valence-electron chi connectivity index (χ3n) is 4.78. The first-order valence-electron chi connectivity index (χ1n) is 9.36. The topological polar surface area (TPSA) is 89.8 Å². The van der Waals surface area contributed by atoms with Crippen molar-refractivity contribution in [1.29, 1.82) is 5.26 Å². The molecule has 2 amide bonds. The fraction of sp³-hybridized carbons (Fsp3) is 0.227. The highest BCUT2D eigenvalue weighted by atomic mass is 16.2. The van der Waals surface area contributed by atoms with Crippen molar-refractivity contribution >= 4 is 28.3 Å². The van der Waals surface area contributed by atoms with Gasteiger partial charge in [0.05, 0.1) is 5.52 Å². The number of nitrogens with zero attached hydrogens (tertiary/aromatic N) is 2. The second-order valence-electron chi connectivity index (χ2n) is 7.04. The molecule has 3 aromatic rings. The van der Waals surface area contributed by atoms with Crippen LogP contribution in [0.5, 0.6) is 0 Å². The van der Waals surface area contributed by atoms with Crippen LogP contribution in [0.2, 0.25) is 0 Å². The standard InChI is InChI=1S/C22H21N5O/c1-14(15-6-8-16(9-7-15)26-22(28)27-17-10-11-17)24-21-12-18(13-23)25-20-5-3-2-4-19(20)21/h2-9,12,14,17H,10-11H2,1H3,(H,24,25)(H2,26,27,28). The van der Waals surface area contributed by atoms with Gasteiger partial charge in [-0.3, -0.25) is 0 Å². The molecule has 4 rings (SSSR count). The first-order chi connectivity index (χ1) is 13.6. The summed E-state index contributed by atoms with van der Waals surface area (Å²) in [4.78, 5) is 16.2. The van der Waals surface area contributed by atoms with Crippen LogP contribution in [0.25, 0.3) is 10.9 Å². The lowest BCUT2D eigenvalue weighted by molar-refractivity contribution is 0.251. The van der Waals surface area contributed by atoms with E-state index in [4.69, 9.17) is 0 Å². The number of urea groups is 1. The normalized spacial score (nSPS) is 14.1. The largest absolute Gasteiger partial charge is 0.378 e. The smallest absolute Gasteiger partial charge is 0.319 e. The number of carbonyl (C=O) groups is 1. The Morgan fingerprint density at radius 1 is 1.18 bits per heavy atom. The van der Waals surface area contributed by atoms with Gasteiger partial charge in [0, 0.05) is 28.8 Å². The van der Waals surface area contributed by atoms with Crippen LogP contribution in [0, 0.1) is 11.3 Å². The van der Waals surface area contributed by atoms with Gasteiger partial charge >= 0.3 is 6.03 Å². The second-order valence-corrected chi connectivity index (χ2v) is 7.04. The molecule has 0 saturated heterocycles. The minimum Gasteiger partial charge on any atom is -0.378 e. The summed E-state index contributed by atoms with van der Waals surface area (Å²) in [5.74, 6) is 0. The Morgan fingerprint density at radius 2 is 1.93 bits per heavy atom. The number of hydrogen-bond donors (Lipinski definition) is 3. The second kappa shape index (κ2) is 7.57. The van der Waals surface area contributed by atoms with Crippen LogP contribution in [0.3, 0.4) is 0 Å². The van der Waals surface area contributed by atoms with Crippen molar-refractivity contribution in [2.75, 3.05) is 10.6 Å². The summed E-state index contributed by atoms with van der Waals surface area (Å²) in [5, 5.41) is 19.5. The minimum absolute atomic E-state index is 0.0201. The Labute approximate surface area is 163 Å². The van der Waals surface area contributed by atoms with Crippen molar-refractivity contribution in [3.8, 4) is 6.07 Å². The average molecular weight is 371 g/mol. The Hall–Kier alpha value is -3.59. The molecule has 1 atom stereocenters. The zero-order chi connectivity index (χ0) is 19.5. The highest BCUT2D eigenvalue weighted by molar-refractivity contribution is 5.92. The molecular formula is C22H21N5O. The van der Waals surface area contributed by atoms with Gasteiger partial charge in [0.25, 0.3) is 0 Å². The zero-order valence-corrected chi connectivity index (χ0v) is 15.6. The number of fused-ring (bicyclic) bond motifs is 1. The lowest BCUT2D eigenvalue weighted by atomic mass is 10.1. The number of carbonyl (C=O) groups excluding carboxylic acids is 1. The molecule has 0 spiro atoms. The third-order valence-corrected chi connectivity index (χ3v) is 4.78. The van der Waals surface area contributed by atoms with Crippen molar-refractivity contribution in [2.45, 2.75) is 31.8 Å². The van der Waals surface area contributed by atoms with Crippen molar-refractivity contribution in [1.82, 2.24) is 10.3 Å². The van der Waals surface area contributed by atoms with Gasteiger partial charge in [-0.1, -0.05) is 30.3 Å². The van der Waals surface area contributed by atoms with E-state index in [0.717, 1.165) is 40.7 Å². The molecule has 3 N–H and O–H groups in total. The van der Waals surface area contributed by atoms with E-state index in [1.165, 1.54) is 0 Å².